The average molecular weight is 366 g/mol. The normalized spacial score (nSPS) is 15.4. The topological polar surface area (TPSA) is 36.7 Å². The molecular formula is C19H21F3N2O2. The van der Waals surface area contributed by atoms with Gasteiger partial charge in [-0.25, -0.2) is 0 Å². The van der Waals surface area contributed by atoms with Crippen molar-refractivity contribution in [3.63, 3.8) is 0 Å². The minimum Gasteiger partial charge on any atom is -0.451 e. The smallest absolute Gasteiger partial charge is 0.416 e. The molecule has 7 heteroatoms. The first-order chi connectivity index (χ1) is 12.3. The Balaban J connectivity index is 1.68. The first kappa shape index (κ1) is 18.5. The molecule has 1 amide bonds. The van der Waals surface area contributed by atoms with Gasteiger partial charge in [0.15, 0.2) is 5.76 Å². The number of benzene rings is 1. The first-order valence-corrected chi connectivity index (χ1v) is 8.60. The lowest BCUT2D eigenvalue weighted by Gasteiger charge is -2.20. The molecule has 26 heavy (non-hydrogen) atoms. The number of carbonyl (C=O) groups excluding carboxylic acids is 1. The first-order valence-electron chi connectivity index (χ1n) is 8.60. The number of carbonyl (C=O) groups is 1. The average Bonchev–Trinajstić information content (AvgIpc) is 3.30. The van der Waals surface area contributed by atoms with Gasteiger partial charge >= 0.3 is 6.18 Å². The van der Waals surface area contributed by atoms with Gasteiger partial charge in [-0.15, -0.1) is 0 Å². The van der Waals surface area contributed by atoms with Crippen molar-refractivity contribution in [2.45, 2.75) is 19.0 Å². The summed E-state index contributed by atoms with van der Waals surface area (Å²) in [7, 11) is 1.70. The molecule has 0 atom stereocenters. The van der Waals surface area contributed by atoms with Gasteiger partial charge in [0.05, 0.1) is 5.56 Å². The van der Waals surface area contributed by atoms with Crippen LogP contribution in [0.4, 0.5) is 13.2 Å². The zero-order valence-electron chi connectivity index (χ0n) is 14.6. The molecule has 0 unspecified atom stereocenters. The highest BCUT2D eigenvalue weighted by molar-refractivity contribution is 5.92. The Morgan fingerprint density at radius 1 is 1.19 bits per heavy atom. The summed E-state index contributed by atoms with van der Waals surface area (Å²) in [5.74, 6) is 0.0937. The van der Waals surface area contributed by atoms with E-state index in [0.717, 1.165) is 31.8 Å². The van der Waals surface area contributed by atoms with E-state index in [0.29, 0.717) is 12.1 Å². The Morgan fingerprint density at radius 3 is 2.62 bits per heavy atom. The van der Waals surface area contributed by atoms with Crippen molar-refractivity contribution in [2.75, 3.05) is 33.2 Å². The Hall–Kier alpha value is -2.28. The fourth-order valence-corrected chi connectivity index (χ4v) is 3.04. The van der Waals surface area contributed by atoms with Crippen molar-refractivity contribution in [3.8, 4) is 11.3 Å². The van der Waals surface area contributed by atoms with Crippen molar-refractivity contribution in [3.05, 3.63) is 47.7 Å². The third-order valence-corrected chi connectivity index (χ3v) is 4.59. The largest absolute Gasteiger partial charge is 0.451 e. The molecule has 2 aromatic rings. The number of likely N-dealkylation sites (N-methyl/N-ethyl adjacent to an activating group) is 1. The third-order valence-electron chi connectivity index (χ3n) is 4.59. The van der Waals surface area contributed by atoms with E-state index in [4.69, 9.17) is 4.42 Å². The van der Waals surface area contributed by atoms with E-state index in [1.54, 1.807) is 11.9 Å². The van der Waals surface area contributed by atoms with Gasteiger partial charge in [0.1, 0.15) is 5.76 Å². The molecule has 1 aromatic heterocycles. The summed E-state index contributed by atoms with van der Waals surface area (Å²) in [5.41, 5.74) is -0.458. The predicted octanol–water partition coefficient (Wildman–Crippen LogP) is 4.13. The van der Waals surface area contributed by atoms with Crippen molar-refractivity contribution in [2.24, 2.45) is 0 Å². The van der Waals surface area contributed by atoms with Gasteiger partial charge in [0.2, 0.25) is 0 Å². The van der Waals surface area contributed by atoms with Crippen molar-refractivity contribution in [1.82, 2.24) is 9.80 Å². The quantitative estimate of drug-likeness (QED) is 0.798. The lowest BCUT2D eigenvalue weighted by Crippen LogP contribution is -2.35. The second kappa shape index (κ2) is 7.53. The summed E-state index contributed by atoms with van der Waals surface area (Å²) in [4.78, 5) is 16.3. The van der Waals surface area contributed by atoms with Crippen LogP contribution in [0.1, 0.15) is 29.0 Å². The number of rotatable bonds is 5. The monoisotopic (exact) mass is 366 g/mol. The number of alkyl halides is 3. The summed E-state index contributed by atoms with van der Waals surface area (Å²) >= 11 is 0. The van der Waals surface area contributed by atoms with Crippen molar-refractivity contribution in [1.29, 1.82) is 0 Å². The fourth-order valence-electron chi connectivity index (χ4n) is 3.04. The molecule has 1 aliphatic heterocycles. The van der Waals surface area contributed by atoms with Crippen LogP contribution in [-0.2, 0) is 6.18 Å². The molecule has 1 aliphatic rings. The Labute approximate surface area is 150 Å². The van der Waals surface area contributed by atoms with Crippen LogP contribution >= 0.6 is 0 Å². The highest BCUT2D eigenvalue weighted by Gasteiger charge is 2.30. The molecule has 0 saturated carbocycles. The molecule has 1 fully saturated rings. The zero-order chi connectivity index (χ0) is 18.7. The highest BCUT2D eigenvalue weighted by atomic mass is 19.4. The molecule has 140 valence electrons. The van der Waals surface area contributed by atoms with Gasteiger partial charge in [0, 0.05) is 25.7 Å². The summed E-state index contributed by atoms with van der Waals surface area (Å²) in [6.07, 6.45) is -2.04. The number of halogens is 3. The maximum atomic E-state index is 12.8. The van der Waals surface area contributed by atoms with E-state index in [9.17, 15) is 18.0 Å². The van der Waals surface area contributed by atoms with Crippen LogP contribution in [-0.4, -0.2) is 48.9 Å². The Kier molecular flexibility index (Phi) is 5.36. The number of hydrogen-bond donors (Lipinski definition) is 0. The van der Waals surface area contributed by atoms with Crippen LogP contribution in [0.25, 0.3) is 11.3 Å². The molecule has 0 aliphatic carbocycles. The summed E-state index contributed by atoms with van der Waals surface area (Å²) in [6, 6.07) is 7.90. The molecular weight excluding hydrogens is 345 g/mol. The van der Waals surface area contributed by atoms with Crippen LogP contribution in [0, 0.1) is 0 Å². The fraction of sp³-hybridized carbons (Fsp3) is 0.421. The minimum absolute atomic E-state index is 0.126. The molecule has 3 rings (SSSR count). The third kappa shape index (κ3) is 4.27. The van der Waals surface area contributed by atoms with Crippen molar-refractivity contribution >= 4 is 5.91 Å². The van der Waals surface area contributed by atoms with Gasteiger partial charge in [-0.3, -0.25) is 4.79 Å². The number of amides is 1. The van der Waals surface area contributed by atoms with E-state index in [-0.39, 0.29) is 17.4 Å². The Morgan fingerprint density at radius 2 is 1.92 bits per heavy atom. The van der Waals surface area contributed by atoms with Gasteiger partial charge in [-0.2, -0.15) is 13.2 Å². The van der Waals surface area contributed by atoms with E-state index in [2.05, 4.69) is 4.90 Å². The van der Waals surface area contributed by atoms with E-state index in [1.807, 2.05) is 0 Å². The molecule has 0 spiro atoms. The van der Waals surface area contributed by atoms with E-state index in [1.165, 1.54) is 37.1 Å². The molecule has 1 aromatic carbocycles. The number of nitrogens with zero attached hydrogens (tertiary/aromatic N) is 2. The molecule has 0 bridgehead atoms. The van der Waals surface area contributed by atoms with Crippen LogP contribution < -0.4 is 0 Å². The van der Waals surface area contributed by atoms with Gasteiger partial charge < -0.3 is 14.2 Å². The molecule has 2 heterocycles. The SMILES string of the molecule is CN(CCN1CCCC1)C(=O)c1ccc(-c2cccc(C(F)(F)F)c2)o1. The van der Waals surface area contributed by atoms with Crippen LogP contribution in [0.5, 0.6) is 0 Å². The van der Waals surface area contributed by atoms with E-state index < -0.39 is 11.7 Å². The van der Waals surface area contributed by atoms with Crippen molar-refractivity contribution < 1.29 is 22.4 Å². The standard InChI is InChI=1S/C19H21F3N2O2/c1-23(11-12-24-9-2-3-10-24)18(25)17-8-7-16(26-17)14-5-4-6-15(13-14)19(20,21)22/h4-8,13H,2-3,9-12H2,1H3. The van der Waals surface area contributed by atoms with E-state index >= 15 is 0 Å². The molecule has 4 nitrogen and oxygen atoms in total. The summed E-state index contributed by atoms with van der Waals surface area (Å²) in [5, 5.41) is 0. The summed E-state index contributed by atoms with van der Waals surface area (Å²) in [6.45, 7) is 3.51. The number of hydrogen-bond acceptors (Lipinski definition) is 3. The van der Waals surface area contributed by atoms with Gasteiger partial charge in [-0.05, 0) is 50.2 Å². The molecule has 0 N–H and O–H groups in total. The minimum atomic E-state index is -4.42. The maximum Gasteiger partial charge on any atom is 0.416 e. The Bertz CT molecular complexity index is 764. The zero-order valence-corrected chi connectivity index (χ0v) is 14.6. The number of likely N-dealkylation sites (tertiary alicyclic amines) is 1. The lowest BCUT2D eigenvalue weighted by atomic mass is 10.1. The second-order valence-electron chi connectivity index (χ2n) is 6.52. The predicted molar refractivity (Wildman–Crippen MR) is 91.8 cm³/mol. The van der Waals surface area contributed by atoms with Crippen LogP contribution in [0.15, 0.2) is 40.8 Å². The van der Waals surface area contributed by atoms with Crippen LogP contribution in [0.3, 0.4) is 0 Å². The van der Waals surface area contributed by atoms with Gasteiger partial charge in [0.25, 0.3) is 5.91 Å². The second-order valence-corrected chi connectivity index (χ2v) is 6.52. The van der Waals surface area contributed by atoms with Crippen LogP contribution in [0.2, 0.25) is 0 Å². The number of furan rings is 1. The molecule has 1 saturated heterocycles. The summed E-state index contributed by atoms with van der Waals surface area (Å²) < 4.78 is 44.0. The van der Waals surface area contributed by atoms with Gasteiger partial charge in [-0.1, -0.05) is 12.1 Å². The maximum absolute atomic E-state index is 12.8. The highest BCUT2D eigenvalue weighted by Crippen LogP contribution is 2.32. The lowest BCUT2D eigenvalue weighted by molar-refractivity contribution is -0.137. The molecule has 0 radical (unpaired) electrons.